The highest BCUT2D eigenvalue weighted by atomic mass is 28.3. The number of carbonyl (C=O) groups excluding carboxylic acids is 1. The molecule has 0 bridgehead atoms. The van der Waals surface area contributed by atoms with E-state index in [2.05, 4.69) is 33.9 Å². The van der Waals surface area contributed by atoms with Crippen molar-refractivity contribution in [3.63, 3.8) is 0 Å². The fourth-order valence-electron chi connectivity index (χ4n) is 5.54. The van der Waals surface area contributed by atoms with Crippen LogP contribution in [0.5, 0.6) is 5.75 Å². The van der Waals surface area contributed by atoms with E-state index in [1.54, 1.807) is 23.6 Å². The number of benzene rings is 1. The van der Waals surface area contributed by atoms with Gasteiger partial charge in [-0.25, -0.2) is 4.98 Å². The summed E-state index contributed by atoms with van der Waals surface area (Å²) in [5, 5.41) is 23.7. The van der Waals surface area contributed by atoms with Gasteiger partial charge in [-0.1, -0.05) is 40.8 Å². The Morgan fingerprint density at radius 2 is 1.82 bits per heavy atom. The number of fused-ring (bicyclic) bond motifs is 5. The van der Waals surface area contributed by atoms with Crippen molar-refractivity contribution in [3.05, 3.63) is 51.3 Å². The number of Topliss-reactive ketones (excluding diaryl/α,β-unsaturated/α-hetero) is 1. The first kappa shape index (κ1) is 23.0. The normalized spacial score (nSPS) is 19.8. The number of nitrogens with zero attached hydrogens (tertiary/aromatic N) is 2. The molecule has 0 radical (unpaired) electrons. The van der Waals surface area contributed by atoms with Crippen LogP contribution in [-0.4, -0.2) is 33.6 Å². The fourth-order valence-corrected chi connectivity index (χ4v) is 8.12. The lowest BCUT2D eigenvalue weighted by molar-refractivity contribution is -0.140. The van der Waals surface area contributed by atoms with Gasteiger partial charge in [0.15, 0.2) is 5.78 Å². The van der Waals surface area contributed by atoms with Crippen molar-refractivity contribution in [2.24, 2.45) is 0 Å². The number of rotatable bonds is 2. The van der Waals surface area contributed by atoms with Crippen LogP contribution in [0.15, 0.2) is 29.1 Å². The van der Waals surface area contributed by atoms with Crippen LogP contribution in [-0.2, 0) is 23.4 Å². The maximum Gasteiger partial charge on any atom is 0.254 e. The van der Waals surface area contributed by atoms with Gasteiger partial charge in [-0.15, -0.1) is 0 Å². The van der Waals surface area contributed by atoms with Crippen molar-refractivity contribution in [1.29, 1.82) is 0 Å². The molecular weight excluding hydrogens is 444 g/mol. The zero-order valence-corrected chi connectivity index (χ0v) is 21.7. The van der Waals surface area contributed by atoms with Crippen LogP contribution in [0.1, 0.15) is 57.2 Å². The van der Waals surface area contributed by atoms with E-state index < -0.39 is 13.7 Å². The quantitative estimate of drug-likeness (QED) is 0.427. The number of hydrogen-bond acceptors (Lipinski definition) is 5. The van der Waals surface area contributed by atoms with E-state index >= 15 is 0 Å². The summed E-state index contributed by atoms with van der Waals surface area (Å²) in [6, 6.07) is 7.09. The highest BCUT2D eigenvalue weighted by Gasteiger charge is 2.45. The molecule has 2 N–H and O–H groups in total. The first-order valence-electron chi connectivity index (χ1n) is 12.0. The van der Waals surface area contributed by atoms with Crippen LogP contribution in [0.3, 0.4) is 0 Å². The van der Waals surface area contributed by atoms with Gasteiger partial charge in [-0.3, -0.25) is 9.59 Å². The Kier molecular flexibility index (Phi) is 4.81. The Bertz CT molecular complexity index is 1450. The molecule has 1 atom stereocenters. The van der Waals surface area contributed by atoms with Crippen molar-refractivity contribution in [2.75, 3.05) is 0 Å². The largest absolute Gasteiger partial charge is 0.508 e. The van der Waals surface area contributed by atoms with Gasteiger partial charge in [0.2, 0.25) is 0 Å². The lowest BCUT2D eigenvalue weighted by atomic mass is 9.77. The van der Waals surface area contributed by atoms with Crippen LogP contribution < -0.4 is 10.7 Å². The molecule has 0 amide bonds. The molecule has 5 rings (SSSR count). The third-order valence-electron chi connectivity index (χ3n) is 8.55. The molecule has 178 valence electrons. The number of aromatic nitrogens is 2. The number of pyridine rings is 2. The van der Waals surface area contributed by atoms with E-state index in [1.807, 2.05) is 12.1 Å². The molecule has 2 aromatic heterocycles. The molecule has 7 heteroatoms. The van der Waals surface area contributed by atoms with Crippen LogP contribution in [0.2, 0.25) is 18.1 Å². The summed E-state index contributed by atoms with van der Waals surface area (Å²) in [6.07, 6.45) is 0.758. The van der Waals surface area contributed by atoms with E-state index in [1.165, 1.54) is 5.19 Å². The average Bonchev–Trinajstić information content (AvgIpc) is 3.12. The maximum atomic E-state index is 13.7. The number of ketones is 1. The van der Waals surface area contributed by atoms with Crippen LogP contribution in [0.25, 0.3) is 22.3 Å². The molecule has 34 heavy (non-hydrogen) atoms. The molecule has 1 aliphatic heterocycles. The Morgan fingerprint density at radius 1 is 1.12 bits per heavy atom. The molecule has 1 aliphatic carbocycles. The summed E-state index contributed by atoms with van der Waals surface area (Å²) in [4.78, 5) is 31.3. The smallest absolute Gasteiger partial charge is 0.254 e. The number of phenolic OH excluding ortho intramolecular Hbond substituents is 1. The highest BCUT2D eigenvalue weighted by molar-refractivity contribution is 6.94. The molecule has 0 spiro atoms. The summed E-state index contributed by atoms with van der Waals surface area (Å²) in [5.74, 6) is -0.0298. The topological polar surface area (TPSA) is 92.4 Å². The minimum atomic E-state index is -2.13. The predicted molar refractivity (Wildman–Crippen MR) is 137 cm³/mol. The van der Waals surface area contributed by atoms with E-state index in [-0.39, 0.29) is 35.0 Å². The molecule has 0 unspecified atom stereocenters. The molecule has 3 aromatic rings. The molecule has 3 heterocycles. The van der Waals surface area contributed by atoms with Gasteiger partial charge < -0.3 is 14.8 Å². The van der Waals surface area contributed by atoms with Crippen LogP contribution in [0.4, 0.5) is 0 Å². The third-order valence-corrected chi connectivity index (χ3v) is 14.1. The number of aliphatic hydroxyl groups is 1. The molecule has 0 saturated carbocycles. The van der Waals surface area contributed by atoms with Crippen LogP contribution >= 0.6 is 0 Å². The van der Waals surface area contributed by atoms with Crippen molar-refractivity contribution in [1.82, 2.24) is 9.55 Å². The summed E-state index contributed by atoms with van der Waals surface area (Å²) in [6.45, 7) is 13.6. The van der Waals surface area contributed by atoms with Crippen molar-refractivity contribution < 1.29 is 15.0 Å². The first-order chi connectivity index (χ1) is 15.8. The molecule has 1 aromatic carbocycles. The van der Waals surface area contributed by atoms with E-state index in [4.69, 9.17) is 4.98 Å². The van der Waals surface area contributed by atoms with Gasteiger partial charge in [0.05, 0.1) is 31.5 Å². The monoisotopic (exact) mass is 476 g/mol. The van der Waals surface area contributed by atoms with Gasteiger partial charge in [-0.2, -0.15) is 0 Å². The third kappa shape index (κ3) is 2.92. The van der Waals surface area contributed by atoms with Crippen LogP contribution in [0, 0.1) is 0 Å². The predicted octanol–water partition coefficient (Wildman–Crippen LogP) is 3.96. The number of aromatic hydroxyl groups is 1. The van der Waals surface area contributed by atoms with Gasteiger partial charge in [-0.05, 0) is 52.9 Å². The van der Waals surface area contributed by atoms with E-state index in [0.717, 1.165) is 22.2 Å². The zero-order valence-electron chi connectivity index (χ0n) is 20.7. The lowest BCUT2D eigenvalue weighted by Gasteiger charge is -2.39. The number of phenols is 1. The SMILES string of the molecule is CC[C@@]1(O)C(=O)CCc2c1cc1n(c2=O)Cc2c-1nc1ccc(O)cc1c2[Si](C)(C)C(C)(C)C. The maximum absolute atomic E-state index is 13.7. The molecule has 0 saturated heterocycles. The Hall–Kier alpha value is -2.77. The fraction of sp³-hybridized carbons (Fsp3) is 0.444. The number of hydrogen-bond donors (Lipinski definition) is 2. The summed E-state index contributed by atoms with van der Waals surface area (Å²) < 4.78 is 1.76. The van der Waals surface area contributed by atoms with Crippen molar-refractivity contribution in [2.45, 2.75) is 77.2 Å². The average molecular weight is 477 g/mol. The number of carbonyl (C=O) groups is 1. The van der Waals surface area contributed by atoms with E-state index in [0.29, 0.717) is 29.8 Å². The van der Waals surface area contributed by atoms with E-state index in [9.17, 15) is 19.8 Å². The van der Waals surface area contributed by atoms with Gasteiger partial charge in [0.25, 0.3) is 5.56 Å². The molecule has 2 aliphatic rings. The minimum absolute atomic E-state index is 0.0222. The second-order valence-corrected chi connectivity index (χ2v) is 16.6. The standard InChI is InChI=1S/C27H32N2O4Si/c1-7-27(33)19-13-21-23-18(14-29(21)25(32)16(19)9-11-22(27)31)24(34(5,6)26(2,3)4)17-12-15(30)8-10-20(17)28-23/h8,10,12-13,30,33H,7,9,11,14H2,1-6H3/t27-/m0/s1. The van der Waals surface area contributed by atoms with Crippen molar-refractivity contribution >= 4 is 29.9 Å². The zero-order chi connectivity index (χ0) is 24.8. The molecule has 0 fully saturated rings. The highest BCUT2D eigenvalue weighted by Crippen LogP contribution is 2.43. The van der Waals surface area contributed by atoms with Crippen molar-refractivity contribution in [3.8, 4) is 17.1 Å². The summed E-state index contributed by atoms with van der Waals surface area (Å²) >= 11 is 0. The second-order valence-electron chi connectivity index (χ2n) is 11.3. The lowest BCUT2D eigenvalue weighted by Crippen LogP contribution is -2.51. The molecule has 6 nitrogen and oxygen atoms in total. The second kappa shape index (κ2) is 7.12. The van der Waals surface area contributed by atoms with Gasteiger partial charge >= 0.3 is 0 Å². The Morgan fingerprint density at radius 3 is 2.47 bits per heavy atom. The Labute approximate surface area is 200 Å². The summed E-state index contributed by atoms with van der Waals surface area (Å²) in [5.41, 5.74) is 2.42. The minimum Gasteiger partial charge on any atom is -0.508 e. The van der Waals surface area contributed by atoms with Gasteiger partial charge in [0, 0.05) is 22.9 Å². The summed E-state index contributed by atoms with van der Waals surface area (Å²) in [7, 11) is -2.13. The van der Waals surface area contributed by atoms with Gasteiger partial charge in [0.1, 0.15) is 11.4 Å². The Balaban J connectivity index is 1.88. The first-order valence-corrected chi connectivity index (χ1v) is 15.0. The molecular formula is C27H32N2O4Si.